The SMILES string of the molecule is CNC(=O)c1cc(-c2c(C)cc(C)cc2C)oc(=O)c1CC(=O)c1c(C)cc(C)cc1C. The van der Waals surface area contributed by atoms with Crippen molar-refractivity contribution in [1.29, 1.82) is 0 Å². The van der Waals surface area contributed by atoms with E-state index in [2.05, 4.69) is 5.32 Å². The molecule has 3 rings (SSSR count). The molecular weight excluding hydrogens is 402 g/mol. The van der Waals surface area contributed by atoms with E-state index in [1.807, 2.05) is 65.8 Å². The van der Waals surface area contributed by atoms with E-state index in [0.717, 1.165) is 38.9 Å². The van der Waals surface area contributed by atoms with Gasteiger partial charge in [0, 0.05) is 24.6 Å². The van der Waals surface area contributed by atoms with Crippen LogP contribution in [0.25, 0.3) is 11.3 Å². The fourth-order valence-electron chi connectivity index (χ4n) is 4.58. The van der Waals surface area contributed by atoms with Crippen LogP contribution in [0.3, 0.4) is 0 Å². The number of hydrogen-bond donors (Lipinski definition) is 1. The number of hydrogen-bond acceptors (Lipinski definition) is 4. The van der Waals surface area contributed by atoms with Crippen molar-refractivity contribution in [2.75, 3.05) is 7.05 Å². The van der Waals surface area contributed by atoms with Gasteiger partial charge in [-0.15, -0.1) is 0 Å². The van der Waals surface area contributed by atoms with E-state index in [-0.39, 0.29) is 23.3 Å². The number of Topliss-reactive ketones (excluding diaryl/α,β-unsaturated/α-hetero) is 1. The van der Waals surface area contributed by atoms with Gasteiger partial charge in [-0.05, 0) is 69.9 Å². The number of carbonyl (C=O) groups is 2. The molecule has 0 spiro atoms. The van der Waals surface area contributed by atoms with Gasteiger partial charge < -0.3 is 9.73 Å². The Morgan fingerprint density at radius 3 is 1.81 bits per heavy atom. The highest BCUT2D eigenvalue weighted by atomic mass is 16.4. The van der Waals surface area contributed by atoms with E-state index >= 15 is 0 Å². The summed E-state index contributed by atoms with van der Waals surface area (Å²) < 4.78 is 5.66. The molecule has 0 aliphatic heterocycles. The van der Waals surface area contributed by atoms with Gasteiger partial charge in [0.15, 0.2) is 5.78 Å². The summed E-state index contributed by atoms with van der Waals surface area (Å²) in [4.78, 5) is 38.9. The highest BCUT2D eigenvalue weighted by molar-refractivity contribution is 6.03. The van der Waals surface area contributed by atoms with E-state index in [0.29, 0.717) is 11.3 Å². The molecule has 3 aromatic rings. The number of benzene rings is 2. The third-order valence-electron chi connectivity index (χ3n) is 5.74. The average Bonchev–Trinajstić information content (AvgIpc) is 2.67. The molecule has 0 radical (unpaired) electrons. The normalized spacial score (nSPS) is 10.8. The van der Waals surface area contributed by atoms with Crippen molar-refractivity contribution in [1.82, 2.24) is 5.32 Å². The summed E-state index contributed by atoms with van der Waals surface area (Å²) in [5.74, 6) is -0.322. The summed E-state index contributed by atoms with van der Waals surface area (Å²) in [5.41, 5.74) is 6.67. The molecule has 0 bridgehead atoms. The molecule has 1 N–H and O–H groups in total. The van der Waals surface area contributed by atoms with E-state index < -0.39 is 11.5 Å². The zero-order chi connectivity index (χ0) is 23.7. The first-order chi connectivity index (χ1) is 15.0. The molecule has 32 heavy (non-hydrogen) atoms. The minimum absolute atomic E-state index is 0.0693. The number of carbonyl (C=O) groups excluding carboxylic acids is 2. The molecule has 1 aromatic heterocycles. The summed E-state index contributed by atoms with van der Waals surface area (Å²) in [5, 5.41) is 2.58. The lowest BCUT2D eigenvalue weighted by Crippen LogP contribution is -2.26. The molecule has 0 aliphatic carbocycles. The third-order valence-corrected chi connectivity index (χ3v) is 5.74. The van der Waals surface area contributed by atoms with Gasteiger partial charge in [0.1, 0.15) is 5.76 Å². The summed E-state index contributed by atoms with van der Waals surface area (Å²) >= 11 is 0. The Morgan fingerprint density at radius 1 is 0.812 bits per heavy atom. The molecule has 0 saturated carbocycles. The fourth-order valence-corrected chi connectivity index (χ4v) is 4.58. The first kappa shape index (κ1) is 23.2. The van der Waals surface area contributed by atoms with E-state index in [1.165, 1.54) is 7.05 Å². The Labute approximate surface area is 188 Å². The molecule has 2 aromatic carbocycles. The molecule has 5 heteroatoms. The Bertz CT molecular complexity index is 1250. The molecule has 0 aliphatic rings. The quantitative estimate of drug-likeness (QED) is 0.581. The monoisotopic (exact) mass is 431 g/mol. The molecule has 0 unspecified atom stereocenters. The number of amides is 1. The van der Waals surface area contributed by atoms with Crippen LogP contribution in [-0.2, 0) is 6.42 Å². The maximum Gasteiger partial charge on any atom is 0.340 e. The number of aryl methyl sites for hydroxylation is 6. The summed E-state index contributed by atoms with van der Waals surface area (Å²) in [6.45, 7) is 11.6. The van der Waals surface area contributed by atoms with Gasteiger partial charge >= 0.3 is 5.63 Å². The summed E-state index contributed by atoms with van der Waals surface area (Å²) in [6.07, 6.45) is -0.206. The number of ketones is 1. The largest absolute Gasteiger partial charge is 0.422 e. The van der Waals surface area contributed by atoms with Gasteiger partial charge in [-0.1, -0.05) is 35.4 Å². The Kier molecular flexibility index (Phi) is 6.49. The van der Waals surface area contributed by atoms with Gasteiger partial charge in [-0.2, -0.15) is 0 Å². The minimum atomic E-state index is -0.670. The molecule has 1 amide bonds. The van der Waals surface area contributed by atoms with Gasteiger partial charge in [0.05, 0.1) is 11.1 Å². The molecule has 5 nitrogen and oxygen atoms in total. The maximum atomic E-state index is 13.2. The Morgan fingerprint density at radius 2 is 1.31 bits per heavy atom. The highest BCUT2D eigenvalue weighted by Gasteiger charge is 2.23. The molecule has 0 fully saturated rings. The topological polar surface area (TPSA) is 76.4 Å². The Hall–Kier alpha value is -3.47. The van der Waals surface area contributed by atoms with Gasteiger partial charge in [0.25, 0.3) is 5.91 Å². The standard InChI is InChI=1S/C27H29NO4/c1-14-8-16(3)24(17(4)9-14)22(29)12-21-20(26(30)28-7)13-23(32-27(21)31)25-18(5)10-15(2)11-19(25)6/h8-11,13H,12H2,1-7H3,(H,28,30). The van der Waals surface area contributed by atoms with Crippen LogP contribution in [-0.4, -0.2) is 18.7 Å². The van der Waals surface area contributed by atoms with Crippen LogP contribution in [0, 0.1) is 41.5 Å². The Balaban J connectivity index is 2.15. The average molecular weight is 432 g/mol. The highest BCUT2D eigenvalue weighted by Crippen LogP contribution is 2.29. The van der Waals surface area contributed by atoms with Gasteiger partial charge in [-0.3, -0.25) is 9.59 Å². The second-order valence-electron chi connectivity index (χ2n) is 8.52. The second kappa shape index (κ2) is 8.95. The number of rotatable bonds is 5. The smallest absolute Gasteiger partial charge is 0.340 e. The third kappa shape index (κ3) is 4.42. The van der Waals surface area contributed by atoms with Crippen molar-refractivity contribution in [2.45, 2.75) is 48.0 Å². The fraction of sp³-hybridized carbons (Fsp3) is 0.296. The van der Waals surface area contributed by atoms with Crippen molar-refractivity contribution >= 4 is 11.7 Å². The molecule has 166 valence electrons. The first-order valence-electron chi connectivity index (χ1n) is 10.6. The predicted octanol–water partition coefficient (Wildman–Crippen LogP) is 4.94. The van der Waals surface area contributed by atoms with E-state index in [4.69, 9.17) is 4.42 Å². The van der Waals surface area contributed by atoms with Crippen LogP contribution in [0.4, 0.5) is 0 Å². The zero-order valence-electron chi connectivity index (χ0n) is 19.7. The summed E-state index contributed by atoms with van der Waals surface area (Å²) in [7, 11) is 1.50. The second-order valence-corrected chi connectivity index (χ2v) is 8.52. The molecule has 0 atom stereocenters. The summed E-state index contributed by atoms with van der Waals surface area (Å²) in [6, 6.07) is 9.45. The van der Waals surface area contributed by atoms with Crippen LogP contribution < -0.4 is 10.9 Å². The zero-order valence-corrected chi connectivity index (χ0v) is 19.7. The van der Waals surface area contributed by atoms with Gasteiger partial charge in [0.2, 0.25) is 0 Å². The van der Waals surface area contributed by atoms with E-state index in [1.54, 1.807) is 6.07 Å². The van der Waals surface area contributed by atoms with Crippen LogP contribution in [0.2, 0.25) is 0 Å². The number of nitrogens with one attached hydrogen (secondary N) is 1. The van der Waals surface area contributed by atoms with Crippen molar-refractivity contribution < 1.29 is 14.0 Å². The molecule has 1 heterocycles. The maximum absolute atomic E-state index is 13.2. The van der Waals surface area contributed by atoms with Crippen LogP contribution in [0.5, 0.6) is 0 Å². The van der Waals surface area contributed by atoms with Crippen LogP contribution >= 0.6 is 0 Å². The van der Waals surface area contributed by atoms with E-state index in [9.17, 15) is 14.4 Å². The lowest BCUT2D eigenvalue weighted by molar-refractivity contribution is 0.0960. The van der Waals surface area contributed by atoms with Crippen molar-refractivity contribution in [2.24, 2.45) is 0 Å². The first-order valence-corrected chi connectivity index (χ1v) is 10.6. The molecular formula is C27H29NO4. The van der Waals surface area contributed by atoms with Gasteiger partial charge in [-0.25, -0.2) is 4.79 Å². The van der Waals surface area contributed by atoms with Crippen molar-refractivity contribution in [3.05, 3.63) is 90.8 Å². The van der Waals surface area contributed by atoms with Crippen LogP contribution in [0.1, 0.15) is 59.7 Å². The lowest BCUT2D eigenvalue weighted by atomic mass is 9.92. The van der Waals surface area contributed by atoms with Crippen LogP contribution in [0.15, 0.2) is 39.5 Å². The van der Waals surface area contributed by atoms with Crippen molar-refractivity contribution in [3.8, 4) is 11.3 Å². The lowest BCUT2D eigenvalue weighted by Gasteiger charge is -2.14. The van der Waals surface area contributed by atoms with Crippen molar-refractivity contribution in [3.63, 3.8) is 0 Å². The molecule has 0 saturated heterocycles. The minimum Gasteiger partial charge on any atom is -0.422 e. The predicted molar refractivity (Wildman–Crippen MR) is 127 cm³/mol.